The number of fused-ring (bicyclic) bond motifs is 1. The van der Waals surface area contributed by atoms with Crippen LogP contribution in [0.15, 0.2) is 71.7 Å². The smallest absolute Gasteiger partial charge is 0.306 e. The number of aryl methyl sites for hydroxylation is 1. The number of aromatic amines is 1. The topological polar surface area (TPSA) is 77.9 Å². The summed E-state index contributed by atoms with van der Waals surface area (Å²) in [6.45, 7) is 3.09. The fourth-order valence-corrected chi connectivity index (χ4v) is 4.23. The van der Waals surface area contributed by atoms with Crippen LogP contribution in [-0.4, -0.2) is 53.9 Å². The van der Waals surface area contributed by atoms with Crippen LogP contribution >= 0.6 is 0 Å². The largest absolute Gasteiger partial charge is 0.494 e. The normalized spacial score (nSPS) is 11.9. The van der Waals surface area contributed by atoms with Crippen LogP contribution in [0.2, 0.25) is 0 Å². The first kappa shape index (κ1) is 26.1. The summed E-state index contributed by atoms with van der Waals surface area (Å²) in [6, 6.07) is 20.1. The SMILES string of the molecule is CCOC(=O)CCc1cccc(C(=Nc2ccc(CCN(C)C)cc2)c2c(O)[nH]c3cc(F)ccc23)c1. The number of H-pyrrole nitrogens is 1. The standard InChI is InChI=1S/C30H32FN3O3/c1-4-37-27(35)15-10-21-6-5-7-22(18-21)29(28-25-14-11-23(31)19-26(25)33-30(28)36)32-24-12-8-20(9-13-24)16-17-34(2)3/h5-9,11-14,18-19,33,36H,4,10,15-17H2,1-3H3. The fraction of sp³-hybridized carbons (Fsp3) is 0.267. The third-order valence-corrected chi connectivity index (χ3v) is 6.13. The first-order valence-electron chi connectivity index (χ1n) is 12.4. The molecule has 1 heterocycles. The van der Waals surface area contributed by atoms with Crippen molar-refractivity contribution in [2.24, 2.45) is 4.99 Å². The molecule has 0 aliphatic carbocycles. The van der Waals surface area contributed by atoms with E-state index in [-0.39, 0.29) is 18.3 Å². The van der Waals surface area contributed by atoms with Crippen LogP contribution in [0, 0.1) is 5.82 Å². The molecule has 3 aromatic carbocycles. The van der Waals surface area contributed by atoms with E-state index in [0.29, 0.717) is 35.2 Å². The summed E-state index contributed by atoms with van der Waals surface area (Å²) in [4.78, 5) is 21.8. The van der Waals surface area contributed by atoms with Gasteiger partial charge in [-0.15, -0.1) is 0 Å². The van der Waals surface area contributed by atoms with Gasteiger partial charge in [0.1, 0.15) is 5.82 Å². The van der Waals surface area contributed by atoms with E-state index in [4.69, 9.17) is 9.73 Å². The lowest BCUT2D eigenvalue weighted by atomic mass is 9.97. The molecule has 0 aliphatic rings. The van der Waals surface area contributed by atoms with Crippen molar-refractivity contribution in [1.82, 2.24) is 9.88 Å². The molecule has 0 aliphatic heterocycles. The predicted molar refractivity (Wildman–Crippen MR) is 145 cm³/mol. The Hall–Kier alpha value is -3.97. The minimum absolute atomic E-state index is 0.0844. The minimum atomic E-state index is -0.395. The van der Waals surface area contributed by atoms with E-state index in [0.717, 1.165) is 29.8 Å². The van der Waals surface area contributed by atoms with Gasteiger partial charge in [0, 0.05) is 23.9 Å². The summed E-state index contributed by atoms with van der Waals surface area (Å²) >= 11 is 0. The van der Waals surface area contributed by atoms with Gasteiger partial charge in [0.25, 0.3) is 0 Å². The van der Waals surface area contributed by atoms with E-state index in [1.165, 1.54) is 17.7 Å². The molecular weight excluding hydrogens is 469 g/mol. The molecule has 37 heavy (non-hydrogen) atoms. The van der Waals surface area contributed by atoms with Gasteiger partial charge in [-0.25, -0.2) is 9.38 Å². The van der Waals surface area contributed by atoms with Crippen molar-refractivity contribution >= 4 is 28.3 Å². The number of hydrogen-bond donors (Lipinski definition) is 2. The number of benzene rings is 3. The Morgan fingerprint density at radius 3 is 2.54 bits per heavy atom. The minimum Gasteiger partial charge on any atom is -0.494 e. The molecule has 4 aromatic rings. The van der Waals surface area contributed by atoms with Gasteiger partial charge in [-0.2, -0.15) is 0 Å². The Kier molecular flexibility index (Phi) is 8.36. The molecule has 0 unspecified atom stereocenters. The summed E-state index contributed by atoms with van der Waals surface area (Å²) in [7, 11) is 4.09. The summed E-state index contributed by atoms with van der Waals surface area (Å²) in [6.07, 6.45) is 1.72. The highest BCUT2D eigenvalue weighted by Crippen LogP contribution is 2.32. The summed E-state index contributed by atoms with van der Waals surface area (Å²) in [5.41, 5.74) is 5.19. The van der Waals surface area contributed by atoms with Crippen LogP contribution in [0.1, 0.15) is 35.6 Å². The number of aromatic nitrogens is 1. The molecule has 1 aromatic heterocycles. The Balaban J connectivity index is 1.76. The van der Waals surface area contributed by atoms with E-state index >= 15 is 0 Å². The quantitative estimate of drug-likeness (QED) is 0.213. The number of aromatic hydroxyl groups is 1. The number of likely N-dealkylation sites (N-methyl/N-ethyl adjacent to an activating group) is 1. The summed E-state index contributed by atoms with van der Waals surface area (Å²) in [5.74, 6) is -0.723. The second-order valence-electron chi connectivity index (χ2n) is 9.22. The van der Waals surface area contributed by atoms with Crippen LogP contribution in [0.25, 0.3) is 10.9 Å². The van der Waals surface area contributed by atoms with E-state index in [2.05, 4.69) is 22.0 Å². The molecule has 0 spiro atoms. The van der Waals surface area contributed by atoms with Gasteiger partial charge in [0.15, 0.2) is 5.88 Å². The molecule has 0 radical (unpaired) electrons. The molecule has 0 bridgehead atoms. The summed E-state index contributed by atoms with van der Waals surface area (Å²) < 4.78 is 18.9. The number of ether oxygens (including phenoxy) is 1. The Bertz CT molecular complexity index is 1410. The molecular formula is C30H32FN3O3. The number of nitrogens with one attached hydrogen (secondary N) is 1. The third-order valence-electron chi connectivity index (χ3n) is 6.13. The average molecular weight is 502 g/mol. The lowest BCUT2D eigenvalue weighted by molar-refractivity contribution is -0.143. The molecule has 6 nitrogen and oxygen atoms in total. The molecule has 2 N–H and O–H groups in total. The molecule has 0 saturated carbocycles. The number of hydrogen-bond acceptors (Lipinski definition) is 5. The van der Waals surface area contributed by atoms with Crippen molar-refractivity contribution < 1.29 is 19.0 Å². The van der Waals surface area contributed by atoms with E-state index in [1.807, 2.05) is 50.5 Å². The van der Waals surface area contributed by atoms with Gasteiger partial charge in [0.2, 0.25) is 0 Å². The summed E-state index contributed by atoms with van der Waals surface area (Å²) in [5, 5.41) is 11.5. The first-order chi connectivity index (χ1) is 17.8. The van der Waals surface area contributed by atoms with Gasteiger partial charge >= 0.3 is 5.97 Å². The van der Waals surface area contributed by atoms with Crippen molar-refractivity contribution in [1.29, 1.82) is 0 Å². The average Bonchev–Trinajstić information content (AvgIpc) is 3.20. The molecule has 0 atom stereocenters. The third kappa shape index (κ3) is 6.62. The molecule has 0 saturated heterocycles. The molecule has 192 valence electrons. The number of rotatable bonds is 10. The van der Waals surface area contributed by atoms with Crippen LogP contribution in [0.5, 0.6) is 5.88 Å². The lowest BCUT2D eigenvalue weighted by Crippen LogP contribution is -2.14. The Morgan fingerprint density at radius 1 is 1.03 bits per heavy atom. The van der Waals surface area contributed by atoms with E-state index < -0.39 is 5.82 Å². The number of nitrogens with zero attached hydrogens (tertiary/aromatic N) is 2. The van der Waals surface area contributed by atoms with Crippen LogP contribution < -0.4 is 0 Å². The number of carbonyl (C=O) groups excluding carboxylic acids is 1. The second kappa shape index (κ2) is 11.8. The van der Waals surface area contributed by atoms with Crippen molar-refractivity contribution in [3.05, 3.63) is 94.8 Å². The Morgan fingerprint density at radius 2 is 1.81 bits per heavy atom. The highest BCUT2D eigenvalue weighted by Gasteiger charge is 2.19. The molecule has 4 rings (SSSR count). The van der Waals surface area contributed by atoms with E-state index in [9.17, 15) is 14.3 Å². The number of esters is 1. The first-order valence-corrected chi connectivity index (χ1v) is 12.4. The maximum atomic E-state index is 13.9. The van der Waals surface area contributed by atoms with Gasteiger partial charge in [-0.3, -0.25) is 4.79 Å². The van der Waals surface area contributed by atoms with Gasteiger partial charge in [0.05, 0.1) is 29.1 Å². The maximum absolute atomic E-state index is 13.9. The van der Waals surface area contributed by atoms with Crippen molar-refractivity contribution in [2.75, 3.05) is 27.2 Å². The highest BCUT2D eigenvalue weighted by molar-refractivity contribution is 6.21. The fourth-order valence-electron chi connectivity index (χ4n) is 4.23. The van der Waals surface area contributed by atoms with Crippen LogP contribution in [0.4, 0.5) is 10.1 Å². The zero-order valence-corrected chi connectivity index (χ0v) is 21.4. The number of aliphatic imine (C=N–C) groups is 1. The zero-order chi connectivity index (χ0) is 26.4. The molecule has 7 heteroatoms. The molecule has 0 amide bonds. The number of halogens is 1. The highest BCUT2D eigenvalue weighted by atomic mass is 19.1. The lowest BCUT2D eigenvalue weighted by Gasteiger charge is -2.11. The predicted octanol–water partition coefficient (Wildman–Crippen LogP) is 5.78. The van der Waals surface area contributed by atoms with E-state index in [1.54, 1.807) is 13.0 Å². The maximum Gasteiger partial charge on any atom is 0.306 e. The second-order valence-corrected chi connectivity index (χ2v) is 9.22. The number of carbonyl (C=O) groups is 1. The van der Waals surface area contributed by atoms with Crippen LogP contribution in [-0.2, 0) is 22.4 Å². The van der Waals surface area contributed by atoms with Gasteiger partial charge < -0.3 is 19.7 Å². The zero-order valence-electron chi connectivity index (χ0n) is 21.4. The van der Waals surface area contributed by atoms with Crippen LogP contribution in [0.3, 0.4) is 0 Å². The van der Waals surface area contributed by atoms with Gasteiger partial charge in [-0.05, 0) is 81.4 Å². The van der Waals surface area contributed by atoms with Crippen molar-refractivity contribution in [3.63, 3.8) is 0 Å². The molecule has 0 fully saturated rings. The van der Waals surface area contributed by atoms with Crippen molar-refractivity contribution in [2.45, 2.75) is 26.2 Å². The van der Waals surface area contributed by atoms with Crippen molar-refractivity contribution in [3.8, 4) is 5.88 Å². The monoisotopic (exact) mass is 501 g/mol. The van der Waals surface area contributed by atoms with Gasteiger partial charge in [-0.1, -0.05) is 30.3 Å². The Labute approximate surface area is 216 Å².